The van der Waals surface area contributed by atoms with Gasteiger partial charge in [0.1, 0.15) is 19.3 Å². The number of esters is 1. The maximum Gasteiger partial charge on any atom is 0.306 e. The quantitative estimate of drug-likeness (QED) is 0.0212. The molecule has 0 spiro atoms. The monoisotopic (exact) mass is 983 g/mol. The average molecular weight is 984 g/mol. The van der Waals surface area contributed by atoms with E-state index < -0.39 is 20.0 Å². The second-order valence-corrected chi connectivity index (χ2v) is 22.9. The number of carbonyl (C=O) groups excluding carboxylic acids is 2. The Balaban J connectivity index is 5.24. The lowest BCUT2D eigenvalue weighted by Crippen LogP contribution is -2.47. The van der Waals surface area contributed by atoms with Crippen LogP contribution in [0.4, 0.5) is 0 Å². The zero-order valence-electron chi connectivity index (χ0n) is 46.1. The number of amides is 1. The molecule has 3 unspecified atom stereocenters. The van der Waals surface area contributed by atoms with E-state index in [1.807, 2.05) is 33.3 Å². The third kappa shape index (κ3) is 49.7. The van der Waals surface area contributed by atoms with E-state index >= 15 is 0 Å². The Bertz CT molecular complexity index is 1180. The van der Waals surface area contributed by atoms with Gasteiger partial charge in [-0.15, -0.1) is 0 Å². The van der Waals surface area contributed by atoms with Crippen molar-refractivity contribution in [3.05, 3.63) is 12.2 Å². The fourth-order valence-corrected chi connectivity index (χ4v) is 9.60. The van der Waals surface area contributed by atoms with E-state index in [1.165, 1.54) is 205 Å². The fraction of sp³-hybridized carbons (Fsp3) is 0.931. The van der Waals surface area contributed by atoms with Crippen molar-refractivity contribution in [2.45, 2.75) is 309 Å². The Labute approximate surface area is 422 Å². The van der Waals surface area contributed by atoms with Crippen LogP contribution >= 0.6 is 7.82 Å². The molecule has 0 saturated heterocycles. The number of phosphoric acid groups is 1. The van der Waals surface area contributed by atoms with Gasteiger partial charge in [0, 0.05) is 12.8 Å². The van der Waals surface area contributed by atoms with E-state index in [9.17, 15) is 19.0 Å². The van der Waals surface area contributed by atoms with Crippen LogP contribution in [0.3, 0.4) is 0 Å². The Morgan fingerprint density at radius 2 is 0.838 bits per heavy atom. The summed E-state index contributed by atoms with van der Waals surface area (Å²) in [5, 5.41) is 3.03. The van der Waals surface area contributed by atoms with Gasteiger partial charge in [-0.2, -0.15) is 0 Å². The normalized spacial score (nSPS) is 13.8. The van der Waals surface area contributed by atoms with E-state index in [1.54, 1.807) is 0 Å². The molecule has 0 bridgehead atoms. The van der Waals surface area contributed by atoms with Crippen molar-refractivity contribution in [2.75, 3.05) is 40.9 Å². The first kappa shape index (κ1) is 66.8. The minimum absolute atomic E-state index is 0.0170. The Kier molecular flexibility index (Phi) is 48.4. The zero-order valence-corrected chi connectivity index (χ0v) is 47.0. The topological polar surface area (TPSA) is 114 Å². The van der Waals surface area contributed by atoms with Gasteiger partial charge in [-0.25, -0.2) is 0 Å². The molecular weight excluding hydrogens is 868 g/mol. The van der Waals surface area contributed by atoms with Crippen LogP contribution in [0.25, 0.3) is 0 Å². The summed E-state index contributed by atoms with van der Waals surface area (Å²) in [6.07, 6.45) is 54.5. The summed E-state index contributed by atoms with van der Waals surface area (Å²) < 4.78 is 30.2. The highest BCUT2D eigenvalue weighted by Gasteiger charge is 2.27. The molecule has 0 radical (unpaired) electrons. The first-order valence-corrected chi connectivity index (χ1v) is 31.0. The number of hydrogen-bond acceptors (Lipinski definition) is 7. The summed E-state index contributed by atoms with van der Waals surface area (Å²) in [7, 11) is 1.20. The molecule has 0 aromatic rings. The van der Waals surface area contributed by atoms with Crippen molar-refractivity contribution >= 4 is 19.7 Å². The van der Waals surface area contributed by atoms with Crippen LogP contribution in [0.5, 0.6) is 0 Å². The molecule has 3 atom stereocenters. The number of nitrogens with one attached hydrogen (secondary N) is 1. The summed E-state index contributed by atoms with van der Waals surface area (Å²) in [6, 6.07) is -0.878. The molecule has 68 heavy (non-hydrogen) atoms. The third-order valence-corrected chi connectivity index (χ3v) is 14.4. The van der Waals surface area contributed by atoms with Crippen LogP contribution in [0.1, 0.15) is 297 Å². The SMILES string of the molecule is CCCCCCCCCCC/C=C/C(OC(=O)CCCCCCCCCCCCCCCCCCC)C(COP(=O)([O-])OCC[N+](C)(C)C)NC(=O)CCCCCCCCCCCCCCCC. The van der Waals surface area contributed by atoms with Crippen LogP contribution in [0.2, 0.25) is 0 Å². The van der Waals surface area contributed by atoms with Gasteiger partial charge in [0.2, 0.25) is 5.91 Å². The molecule has 0 aliphatic rings. The van der Waals surface area contributed by atoms with Crippen molar-refractivity contribution in [2.24, 2.45) is 0 Å². The summed E-state index contributed by atoms with van der Waals surface area (Å²) >= 11 is 0. The number of hydrogen-bond donors (Lipinski definition) is 1. The van der Waals surface area contributed by atoms with Crippen molar-refractivity contribution in [1.29, 1.82) is 0 Å². The molecule has 9 nitrogen and oxygen atoms in total. The highest BCUT2D eigenvalue weighted by Crippen LogP contribution is 2.38. The third-order valence-electron chi connectivity index (χ3n) is 13.5. The lowest BCUT2D eigenvalue weighted by molar-refractivity contribution is -0.870. The number of quaternary nitrogens is 1. The zero-order chi connectivity index (χ0) is 50.1. The molecule has 1 amide bonds. The lowest BCUT2D eigenvalue weighted by atomic mass is 10.0. The number of likely N-dealkylation sites (N-methyl/N-ethyl adjacent to an activating group) is 1. The van der Waals surface area contributed by atoms with E-state index in [2.05, 4.69) is 26.1 Å². The lowest BCUT2D eigenvalue weighted by Gasteiger charge is -2.30. The first-order valence-electron chi connectivity index (χ1n) is 29.5. The van der Waals surface area contributed by atoms with Gasteiger partial charge >= 0.3 is 5.97 Å². The molecule has 0 saturated carbocycles. The number of unbranched alkanes of at least 4 members (excludes halogenated alkanes) is 38. The van der Waals surface area contributed by atoms with Gasteiger partial charge in [0.05, 0.1) is 33.8 Å². The number of nitrogens with zero attached hydrogens (tertiary/aromatic N) is 1. The number of phosphoric ester groups is 1. The van der Waals surface area contributed by atoms with Gasteiger partial charge in [0.15, 0.2) is 0 Å². The summed E-state index contributed by atoms with van der Waals surface area (Å²) in [6.45, 7) is 6.88. The highest BCUT2D eigenvalue weighted by molar-refractivity contribution is 7.45. The van der Waals surface area contributed by atoms with Crippen LogP contribution in [-0.2, 0) is 27.9 Å². The molecule has 404 valence electrons. The number of allylic oxidation sites excluding steroid dienone is 1. The van der Waals surface area contributed by atoms with Crippen molar-refractivity contribution in [3.63, 3.8) is 0 Å². The van der Waals surface area contributed by atoms with E-state index in [0.29, 0.717) is 17.4 Å². The predicted molar refractivity (Wildman–Crippen MR) is 289 cm³/mol. The molecule has 10 heteroatoms. The van der Waals surface area contributed by atoms with Crippen molar-refractivity contribution < 1.29 is 37.3 Å². The maximum atomic E-state index is 13.5. The van der Waals surface area contributed by atoms with Crippen LogP contribution in [-0.4, -0.2) is 69.4 Å². The predicted octanol–water partition coefficient (Wildman–Crippen LogP) is 17.0. The second kappa shape index (κ2) is 49.3. The standard InChI is InChI=1S/C58H115N2O7P/c1-7-10-13-16-19-22-25-27-29-30-31-33-36-39-42-45-48-51-58(62)67-56(49-46-43-40-37-34-24-21-18-15-12-9-3)55(54-66-68(63,64)65-53-52-60(4,5)6)59-57(61)50-47-44-41-38-35-32-28-26-23-20-17-14-11-8-2/h46,49,55-56H,7-45,47-48,50-54H2,1-6H3,(H-,59,61,63,64)/b49-46+. The second-order valence-electron chi connectivity index (χ2n) is 21.5. The molecular formula is C58H115N2O7P. The van der Waals surface area contributed by atoms with E-state index in [0.717, 1.165) is 57.8 Å². The molecule has 0 aliphatic carbocycles. The largest absolute Gasteiger partial charge is 0.756 e. The minimum atomic E-state index is -4.68. The first-order chi connectivity index (χ1) is 32.9. The van der Waals surface area contributed by atoms with E-state index in [4.69, 9.17) is 13.8 Å². The van der Waals surface area contributed by atoms with Crippen LogP contribution < -0.4 is 10.2 Å². The van der Waals surface area contributed by atoms with E-state index in [-0.39, 0.29) is 31.5 Å². The Hall–Kier alpha value is -1.25. The van der Waals surface area contributed by atoms with Crippen molar-refractivity contribution in [1.82, 2.24) is 5.32 Å². The molecule has 0 heterocycles. The van der Waals surface area contributed by atoms with Gasteiger partial charge in [-0.05, 0) is 31.8 Å². The smallest absolute Gasteiger partial charge is 0.306 e. The number of rotatable bonds is 54. The van der Waals surface area contributed by atoms with Crippen LogP contribution in [0, 0.1) is 0 Å². The van der Waals surface area contributed by atoms with Gasteiger partial charge in [-0.3, -0.25) is 14.2 Å². The molecule has 0 aromatic heterocycles. The average Bonchev–Trinajstić information content (AvgIpc) is 3.29. The highest BCUT2D eigenvalue weighted by atomic mass is 31.2. The Morgan fingerprint density at radius 3 is 1.21 bits per heavy atom. The van der Waals surface area contributed by atoms with Crippen LogP contribution in [0.15, 0.2) is 12.2 Å². The number of ether oxygens (including phenoxy) is 1. The Morgan fingerprint density at radius 1 is 0.500 bits per heavy atom. The van der Waals surface area contributed by atoms with Crippen molar-refractivity contribution in [3.8, 4) is 0 Å². The van der Waals surface area contributed by atoms with Gasteiger partial charge < -0.3 is 28.5 Å². The number of carbonyl (C=O) groups is 2. The molecule has 0 aliphatic heterocycles. The molecule has 0 rings (SSSR count). The van der Waals surface area contributed by atoms with Gasteiger partial charge in [-0.1, -0.05) is 264 Å². The fourth-order valence-electron chi connectivity index (χ4n) is 8.88. The summed E-state index contributed by atoms with van der Waals surface area (Å²) in [4.78, 5) is 39.8. The molecule has 0 aromatic carbocycles. The summed E-state index contributed by atoms with van der Waals surface area (Å²) in [5.74, 6) is -0.523. The minimum Gasteiger partial charge on any atom is -0.756 e. The summed E-state index contributed by atoms with van der Waals surface area (Å²) in [5.41, 5.74) is 0. The maximum absolute atomic E-state index is 13.5. The molecule has 1 N–H and O–H groups in total. The molecule has 0 fully saturated rings. The van der Waals surface area contributed by atoms with Gasteiger partial charge in [0.25, 0.3) is 7.82 Å².